The monoisotopic (exact) mass is 384 g/mol. The summed E-state index contributed by atoms with van der Waals surface area (Å²) in [6.45, 7) is -0.0524. The number of hydrogen-bond donors (Lipinski definition) is 0. The molecule has 0 saturated carbocycles. The first-order chi connectivity index (χ1) is 7.31. The van der Waals surface area contributed by atoms with Crippen molar-refractivity contribution in [3.05, 3.63) is 25.4 Å². The van der Waals surface area contributed by atoms with Crippen molar-refractivity contribution in [2.75, 3.05) is 5.75 Å². The number of halogens is 5. The summed E-state index contributed by atoms with van der Waals surface area (Å²) in [6.07, 6.45) is 1.14. The van der Waals surface area contributed by atoms with E-state index < -0.39 is 11.1 Å². The maximum Gasteiger partial charge on any atom is 0.441 e. The average Bonchev–Trinajstić information content (AvgIpc) is 2.16. The van der Waals surface area contributed by atoms with Crippen LogP contribution in [-0.2, 0) is 6.54 Å². The molecule has 0 bridgehead atoms. The summed E-state index contributed by atoms with van der Waals surface area (Å²) in [7, 11) is 0. The lowest BCUT2D eigenvalue weighted by Gasteiger charge is -2.07. The maximum atomic E-state index is 11.8. The molecule has 0 amide bonds. The third-order valence-electron chi connectivity index (χ3n) is 1.54. The average molecular weight is 385 g/mol. The highest BCUT2D eigenvalue weighted by molar-refractivity contribution is 14.1. The van der Waals surface area contributed by atoms with Crippen LogP contribution in [-0.4, -0.2) is 20.8 Å². The predicted octanol–water partition coefficient (Wildman–Crippen LogP) is 2.75. The van der Waals surface area contributed by atoms with Crippen molar-refractivity contribution >= 4 is 46.0 Å². The van der Waals surface area contributed by atoms with Crippen LogP contribution in [0.5, 0.6) is 0 Å². The van der Waals surface area contributed by atoms with Gasteiger partial charge in [-0.3, -0.25) is 9.36 Å². The Hall–Kier alpha value is 0.0400. The fourth-order valence-corrected chi connectivity index (χ4v) is 1.96. The summed E-state index contributed by atoms with van der Waals surface area (Å²) in [5, 5.41) is 0.0605. The zero-order valence-electron chi connectivity index (χ0n) is 7.59. The van der Waals surface area contributed by atoms with Gasteiger partial charge in [0.15, 0.2) is 0 Å². The lowest BCUT2D eigenvalue weighted by atomic mass is 10.6. The molecule has 1 aromatic heterocycles. The van der Waals surface area contributed by atoms with Gasteiger partial charge in [-0.25, -0.2) is 4.98 Å². The van der Waals surface area contributed by atoms with Gasteiger partial charge in [0.05, 0.1) is 6.33 Å². The lowest BCUT2D eigenvalue weighted by molar-refractivity contribution is -0.0328. The van der Waals surface area contributed by atoms with Gasteiger partial charge in [0.2, 0.25) is 0 Å². The minimum absolute atomic E-state index is 0.0524. The fourth-order valence-electron chi connectivity index (χ4n) is 0.863. The van der Waals surface area contributed by atoms with Crippen LogP contribution in [0.2, 0.25) is 5.15 Å². The molecular formula is C7H5ClF3IN2OS. The third-order valence-corrected chi connectivity index (χ3v) is 3.83. The summed E-state index contributed by atoms with van der Waals surface area (Å²) in [6, 6.07) is 0. The Morgan fingerprint density at radius 1 is 1.56 bits per heavy atom. The topological polar surface area (TPSA) is 34.9 Å². The molecule has 9 heteroatoms. The zero-order valence-corrected chi connectivity index (χ0v) is 11.3. The quantitative estimate of drug-likeness (QED) is 0.594. The van der Waals surface area contributed by atoms with Crippen molar-refractivity contribution in [3.63, 3.8) is 0 Å². The molecule has 0 unspecified atom stereocenters. The molecule has 0 spiro atoms. The molecule has 0 aliphatic rings. The van der Waals surface area contributed by atoms with Gasteiger partial charge in [-0.1, -0.05) is 11.6 Å². The highest BCUT2D eigenvalue weighted by atomic mass is 127. The van der Waals surface area contributed by atoms with Gasteiger partial charge >= 0.3 is 5.51 Å². The number of nitrogens with zero attached hydrogens (tertiary/aromatic N) is 2. The molecule has 0 N–H and O–H groups in total. The standard InChI is InChI=1S/C7H5ClF3IN2OS/c8-5-4(12)6(15)14(3-13-5)1-2-16-7(9,10)11/h3H,1-2H2. The molecule has 1 rings (SSSR count). The Balaban J connectivity index is 2.69. The molecule has 3 nitrogen and oxygen atoms in total. The predicted molar refractivity (Wildman–Crippen MR) is 64.7 cm³/mol. The second-order valence-corrected chi connectivity index (χ2v) is 5.24. The minimum atomic E-state index is -4.28. The van der Waals surface area contributed by atoms with E-state index in [1.807, 2.05) is 0 Å². The van der Waals surface area contributed by atoms with Crippen LogP contribution in [0, 0.1) is 3.57 Å². The Labute approximate surface area is 112 Å². The number of aromatic nitrogens is 2. The van der Waals surface area contributed by atoms with Crippen LogP contribution in [0.3, 0.4) is 0 Å². The summed E-state index contributed by atoms with van der Waals surface area (Å²) in [5.74, 6) is -0.233. The highest BCUT2D eigenvalue weighted by Gasteiger charge is 2.27. The van der Waals surface area contributed by atoms with Gasteiger partial charge in [0.1, 0.15) is 8.72 Å². The van der Waals surface area contributed by atoms with E-state index in [0.717, 1.165) is 10.9 Å². The van der Waals surface area contributed by atoms with Gasteiger partial charge < -0.3 is 0 Å². The van der Waals surface area contributed by atoms with Crippen LogP contribution in [0.4, 0.5) is 13.2 Å². The molecule has 0 saturated heterocycles. The largest absolute Gasteiger partial charge is 0.441 e. The summed E-state index contributed by atoms with van der Waals surface area (Å²) >= 11 is 7.11. The van der Waals surface area contributed by atoms with Crippen molar-refractivity contribution in [1.82, 2.24) is 9.55 Å². The molecule has 0 aliphatic heterocycles. The van der Waals surface area contributed by atoms with E-state index >= 15 is 0 Å². The van der Waals surface area contributed by atoms with Crippen LogP contribution >= 0.6 is 46.0 Å². The van der Waals surface area contributed by atoms with Gasteiger partial charge in [0, 0.05) is 12.3 Å². The third kappa shape index (κ3) is 4.13. The zero-order chi connectivity index (χ0) is 12.3. The number of thioether (sulfide) groups is 1. The first-order valence-corrected chi connectivity index (χ1v) is 6.36. The molecule has 0 aliphatic carbocycles. The number of hydrogen-bond acceptors (Lipinski definition) is 3. The van der Waals surface area contributed by atoms with Gasteiger partial charge in [-0.2, -0.15) is 13.2 Å². The molecule has 0 radical (unpaired) electrons. The fraction of sp³-hybridized carbons (Fsp3) is 0.429. The molecule has 90 valence electrons. The Morgan fingerprint density at radius 2 is 2.19 bits per heavy atom. The van der Waals surface area contributed by atoms with E-state index in [-0.39, 0.29) is 32.8 Å². The minimum Gasteiger partial charge on any atom is -0.297 e. The molecule has 1 aromatic rings. The summed E-state index contributed by atoms with van der Waals surface area (Å²) in [5.41, 5.74) is -4.71. The molecule has 1 heterocycles. The van der Waals surface area contributed by atoms with Crippen molar-refractivity contribution in [2.45, 2.75) is 12.1 Å². The maximum absolute atomic E-state index is 11.8. The van der Waals surface area contributed by atoms with Crippen molar-refractivity contribution < 1.29 is 13.2 Å². The molecule has 0 atom stereocenters. The van der Waals surface area contributed by atoms with Gasteiger partial charge in [-0.15, -0.1) is 0 Å². The smallest absolute Gasteiger partial charge is 0.297 e. The number of rotatable bonds is 3. The van der Waals surface area contributed by atoms with Crippen molar-refractivity contribution in [3.8, 4) is 0 Å². The van der Waals surface area contributed by atoms with Crippen LogP contribution in [0.1, 0.15) is 0 Å². The van der Waals surface area contributed by atoms with E-state index in [4.69, 9.17) is 11.6 Å². The Morgan fingerprint density at radius 3 is 2.75 bits per heavy atom. The second kappa shape index (κ2) is 5.58. The van der Waals surface area contributed by atoms with E-state index in [9.17, 15) is 18.0 Å². The van der Waals surface area contributed by atoms with Gasteiger partial charge in [0.25, 0.3) is 5.56 Å². The van der Waals surface area contributed by atoms with E-state index in [1.54, 1.807) is 22.6 Å². The van der Waals surface area contributed by atoms with Crippen molar-refractivity contribution in [1.29, 1.82) is 0 Å². The Kier molecular flexibility index (Phi) is 4.92. The number of aryl methyl sites for hydroxylation is 1. The molecule has 16 heavy (non-hydrogen) atoms. The summed E-state index contributed by atoms with van der Waals surface area (Å²) in [4.78, 5) is 15.2. The van der Waals surface area contributed by atoms with E-state index in [2.05, 4.69) is 4.98 Å². The second-order valence-electron chi connectivity index (χ2n) is 2.64. The van der Waals surface area contributed by atoms with Gasteiger partial charge in [-0.05, 0) is 34.4 Å². The molecular weight excluding hydrogens is 380 g/mol. The van der Waals surface area contributed by atoms with Crippen molar-refractivity contribution in [2.24, 2.45) is 0 Å². The normalized spacial score (nSPS) is 11.8. The van der Waals surface area contributed by atoms with Crippen LogP contribution in [0.25, 0.3) is 0 Å². The molecule has 0 fully saturated rings. The summed E-state index contributed by atoms with van der Waals surface area (Å²) < 4.78 is 36.8. The van der Waals surface area contributed by atoms with E-state index in [0.29, 0.717) is 0 Å². The molecule has 0 aromatic carbocycles. The Bertz CT molecular complexity index is 437. The SMILES string of the molecule is O=c1c(I)c(Cl)ncn1CCSC(F)(F)F. The van der Waals surface area contributed by atoms with E-state index in [1.165, 1.54) is 0 Å². The first kappa shape index (κ1) is 14.1. The first-order valence-electron chi connectivity index (χ1n) is 3.92. The lowest BCUT2D eigenvalue weighted by Crippen LogP contribution is -2.24. The number of alkyl halides is 3. The van der Waals surface area contributed by atoms with Crippen LogP contribution in [0.15, 0.2) is 11.1 Å². The highest BCUT2D eigenvalue weighted by Crippen LogP contribution is 2.29. The van der Waals surface area contributed by atoms with Crippen LogP contribution < -0.4 is 5.56 Å².